The third-order valence-electron chi connectivity index (χ3n) is 4.06. The summed E-state index contributed by atoms with van der Waals surface area (Å²) >= 11 is 0. The maximum Gasteiger partial charge on any atom is 0.226 e. The standard InChI is InChI=1S/C21H24FN3O2/c1-14(2)13-27-10-9-21(26)23-16-7-8-18-19(12-16)25-20(24-18)11-15-5-3-4-6-17(15)22/h3-8,12,14H,9-11,13H2,1-2H3,(H,23,26)(H,24,25). The van der Waals surface area contributed by atoms with E-state index in [2.05, 4.69) is 29.1 Å². The number of amides is 1. The minimum absolute atomic E-state index is 0.0933. The normalized spacial score (nSPS) is 11.3. The van der Waals surface area contributed by atoms with Crippen LogP contribution in [0.2, 0.25) is 0 Å². The zero-order valence-electron chi connectivity index (χ0n) is 15.6. The first-order chi connectivity index (χ1) is 13.0. The van der Waals surface area contributed by atoms with Crippen molar-refractivity contribution in [2.24, 2.45) is 5.92 Å². The molecular formula is C21H24FN3O2. The van der Waals surface area contributed by atoms with Gasteiger partial charge in [-0.05, 0) is 35.7 Å². The summed E-state index contributed by atoms with van der Waals surface area (Å²) in [6.45, 7) is 5.20. The van der Waals surface area contributed by atoms with Gasteiger partial charge in [0.25, 0.3) is 0 Å². The zero-order chi connectivity index (χ0) is 19.2. The highest BCUT2D eigenvalue weighted by Crippen LogP contribution is 2.19. The van der Waals surface area contributed by atoms with Crippen LogP contribution in [0.3, 0.4) is 0 Å². The Labute approximate surface area is 158 Å². The Morgan fingerprint density at radius 3 is 2.85 bits per heavy atom. The van der Waals surface area contributed by atoms with Crippen LogP contribution in [0.5, 0.6) is 0 Å². The third kappa shape index (κ3) is 5.37. The second-order valence-electron chi connectivity index (χ2n) is 6.95. The molecule has 142 valence electrons. The number of aromatic nitrogens is 2. The van der Waals surface area contributed by atoms with Gasteiger partial charge in [0.05, 0.1) is 24.1 Å². The number of nitrogens with one attached hydrogen (secondary N) is 2. The number of halogens is 1. The first-order valence-corrected chi connectivity index (χ1v) is 9.11. The summed E-state index contributed by atoms with van der Waals surface area (Å²) in [6.07, 6.45) is 0.697. The number of hydrogen-bond donors (Lipinski definition) is 2. The Hall–Kier alpha value is -2.73. The number of benzene rings is 2. The van der Waals surface area contributed by atoms with E-state index in [1.807, 2.05) is 18.2 Å². The number of imidazole rings is 1. The predicted molar refractivity (Wildman–Crippen MR) is 104 cm³/mol. The fourth-order valence-electron chi connectivity index (χ4n) is 2.75. The molecule has 1 aromatic heterocycles. The molecule has 1 amide bonds. The molecule has 2 N–H and O–H groups in total. The number of anilines is 1. The van der Waals surface area contributed by atoms with Crippen LogP contribution in [0.25, 0.3) is 11.0 Å². The molecule has 5 nitrogen and oxygen atoms in total. The van der Waals surface area contributed by atoms with Gasteiger partial charge in [-0.15, -0.1) is 0 Å². The number of H-pyrrole nitrogens is 1. The van der Waals surface area contributed by atoms with Crippen molar-refractivity contribution in [3.63, 3.8) is 0 Å². The molecule has 0 bridgehead atoms. The highest BCUT2D eigenvalue weighted by atomic mass is 19.1. The summed E-state index contributed by atoms with van der Waals surface area (Å²) < 4.78 is 19.2. The number of carbonyl (C=O) groups is 1. The van der Waals surface area contributed by atoms with E-state index in [4.69, 9.17) is 4.74 Å². The van der Waals surface area contributed by atoms with E-state index in [1.165, 1.54) is 6.07 Å². The third-order valence-corrected chi connectivity index (χ3v) is 4.06. The Bertz CT molecular complexity index is 921. The van der Waals surface area contributed by atoms with Crippen molar-refractivity contribution in [1.29, 1.82) is 0 Å². The molecule has 0 aliphatic heterocycles. The van der Waals surface area contributed by atoms with Gasteiger partial charge in [0, 0.05) is 18.7 Å². The van der Waals surface area contributed by atoms with Gasteiger partial charge < -0.3 is 15.0 Å². The molecular weight excluding hydrogens is 345 g/mol. The zero-order valence-corrected chi connectivity index (χ0v) is 15.6. The molecule has 0 saturated heterocycles. The molecule has 0 aliphatic rings. The van der Waals surface area contributed by atoms with Gasteiger partial charge in [0.1, 0.15) is 11.6 Å². The predicted octanol–water partition coefficient (Wildman–Crippen LogP) is 4.29. The molecule has 0 aliphatic carbocycles. The van der Waals surface area contributed by atoms with Crippen LogP contribution < -0.4 is 5.32 Å². The minimum atomic E-state index is -0.245. The van der Waals surface area contributed by atoms with Crippen LogP contribution in [-0.2, 0) is 16.0 Å². The topological polar surface area (TPSA) is 67.0 Å². The van der Waals surface area contributed by atoms with Crippen LogP contribution in [0, 0.1) is 11.7 Å². The van der Waals surface area contributed by atoms with E-state index < -0.39 is 0 Å². The number of rotatable bonds is 8. The molecule has 1 heterocycles. The van der Waals surface area contributed by atoms with E-state index in [1.54, 1.807) is 18.2 Å². The summed E-state index contributed by atoms with van der Waals surface area (Å²) in [5, 5.41) is 2.86. The van der Waals surface area contributed by atoms with E-state index in [-0.39, 0.29) is 11.7 Å². The molecule has 0 atom stereocenters. The van der Waals surface area contributed by atoms with Crippen molar-refractivity contribution in [2.45, 2.75) is 26.7 Å². The van der Waals surface area contributed by atoms with Gasteiger partial charge >= 0.3 is 0 Å². The van der Waals surface area contributed by atoms with Gasteiger partial charge in [-0.3, -0.25) is 4.79 Å². The van der Waals surface area contributed by atoms with Crippen molar-refractivity contribution in [3.05, 3.63) is 59.7 Å². The Balaban J connectivity index is 1.62. The summed E-state index contributed by atoms with van der Waals surface area (Å²) in [6, 6.07) is 12.1. The van der Waals surface area contributed by atoms with Crippen molar-refractivity contribution in [3.8, 4) is 0 Å². The van der Waals surface area contributed by atoms with Crippen molar-refractivity contribution < 1.29 is 13.9 Å². The molecule has 3 rings (SSSR count). The first-order valence-electron chi connectivity index (χ1n) is 9.11. The van der Waals surface area contributed by atoms with Gasteiger partial charge in [-0.25, -0.2) is 9.37 Å². The average Bonchev–Trinajstić information content (AvgIpc) is 3.02. The van der Waals surface area contributed by atoms with E-state index in [9.17, 15) is 9.18 Å². The number of carbonyl (C=O) groups excluding carboxylic acids is 1. The SMILES string of the molecule is CC(C)COCCC(=O)Nc1ccc2nc(Cc3ccccc3F)[nH]c2c1. The lowest BCUT2D eigenvalue weighted by atomic mass is 10.1. The molecule has 0 fully saturated rings. The molecule has 0 spiro atoms. The van der Waals surface area contributed by atoms with Crippen molar-refractivity contribution >= 4 is 22.6 Å². The second kappa shape index (κ2) is 8.77. The summed E-state index contributed by atoms with van der Waals surface area (Å²) in [5.41, 5.74) is 2.86. The number of ether oxygens (including phenoxy) is 1. The molecule has 6 heteroatoms. The average molecular weight is 369 g/mol. The highest BCUT2D eigenvalue weighted by Gasteiger charge is 2.09. The Morgan fingerprint density at radius 1 is 1.26 bits per heavy atom. The summed E-state index contributed by atoms with van der Waals surface area (Å²) in [4.78, 5) is 19.7. The molecule has 27 heavy (non-hydrogen) atoms. The molecule has 0 unspecified atom stereocenters. The quantitative estimate of drug-likeness (QED) is 0.582. The maximum atomic E-state index is 13.8. The van der Waals surface area contributed by atoms with Crippen LogP contribution in [0.1, 0.15) is 31.7 Å². The number of fused-ring (bicyclic) bond motifs is 1. The van der Waals surface area contributed by atoms with Crippen molar-refractivity contribution in [2.75, 3.05) is 18.5 Å². The second-order valence-corrected chi connectivity index (χ2v) is 6.95. The lowest BCUT2D eigenvalue weighted by Crippen LogP contribution is -2.15. The lowest BCUT2D eigenvalue weighted by Gasteiger charge is -2.07. The molecule has 0 radical (unpaired) electrons. The Kier molecular flexibility index (Phi) is 6.19. The monoisotopic (exact) mass is 369 g/mol. The first kappa shape index (κ1) is 19.0. The fraction of sp³-hybridized carbons (Fsp3) is 0.333. The molecule has 3 aromatic rings. The number of hydrogen-bond acceptors (Lipinski definition) is 3. The van der Waals surface area contributed by atoms with E-state index in [0.717, 1.165) is 11.0 Å². The van der Waals surface area contributed by atoms with Crippen LogP contribution in [0.4, 0.5) is 10.1 Å². The summed E-state index contributed by atoms with van der Waals surface area (Å²) in [7, 11) is 0. The van der Waals surface area contributed by atoms with Gasteiger partial charge in [0.15, 0.2) is 0 Å². The van der Waals surface area contributed by atoms with Crippen molar-refractivity contribution in [1.82, 2.24) is 9.97 Å². The minimum Gasteiger partial charge on any atom is -0.381 e. The van der Waals surface area contributed by atoms with Gasteiger partial charge in [-0.1, -0.05) is 32.0 Å². The van der Waals surface area contributed by atoms with E-state index in [0.29, 0.717) is 49.0 Å². The number of nitrogens with zero attached hydrogens (tertiary/aromatic N) is 1. The van der Waals surface area contributed by atoms with E-state index >= 15 is 0 Å². The number of aromatic amines is 1. The van der Waals surface area contributed by atoms with Crippen LogP contribution in [0.15, 0.2) is 42.5 Å². The van der Waals surface area contributed by atoms with Gasteiger partial charge in [-0.2, -0.15) is 0 Å². The maximum absolute atomic E-state index is 13.8. The Morgan fingerprint density at radius 2 is 2.07 bits per heavy atom. The largest absolute Gasteiger partial charge is 0.381 e. The highest BCUT2D eigenvalue weighted by molar-refractivity contribution is 5.93. The van der Waals surface area contributed by atoms with Crippen LogP contribution >= 0.6 is 0 Å². The van der Waals surface area contributed by atoms with Crippen LogP contribution in [-0.4, -0.2) is 29.1 Å². The summed E-state index contributed by atoms with van der Waals surface area (Å²) in [5.74, 6) is 0.796. The molecule has 2 aromatic carbocycles. The smallest absolute Gasteiger partial charge is 0.226 e. The fourth-order valence-corrected chi connectivity index (χ4v) is 2.75. The van der Waals surface area contributed by atoms with Gasteiger partial charge in [0.2, 0.25) is 5.91 Å². The molecule has 0 saturated carbocycles. The lowest BCUT2D eigenvalue weighted by molar-refractivity contribution is -0.117.